The van der Waals surface area contributed by atoms with E-state index in [0.29, 0.717) is 28.6 Å². The van der Waals surface area contributed by atoms with Gasteiger partial charge in [-0.15, -0.1) is 0 Å². The zero-order chi connectivity index (χ0) is 25.5. The average molecular weight is 498 g/mol. The number of rotatable bonds is 7. The van der Waals surface area contributed by atoms with Crippen LogP contribution in [0.25, 0.3) is 11.2 Å². The predicted molar refractivity (Wildman–Crippen MR) is 127 cm³/mol. The number of alkyl halides is 1. The molecule has 36 heavy (non-hydrogen) atoms. The number of benzene rings is 1. The molecule has 3 heterocycles. The topological polar surface area (TPSA) is 117 Å². The van der Waals surface area contributed by atoms with Gasteiger partial charge in [0.1, 0.15) is 19.0 Å². The number of anilines is 1. The molecule has 0 amide bonds. The minimum atomic E-state index is -2.23. The number of ether oxygens (including phenoxy) is 3. The van der Waals surface area contributed by atoms with Crippen LogP contribution in [0.2, 0.25) is 0 Å². The maximum Gasteiger partial charge on any atom is 0.338 e. The first-order valence-corrected chi connectivity index (χ1v) is 11.9. The van der Waals surface area contributed by atoms with E-state index in [4.69, 9.17) is 14.2 Å². The Hall–Kier alpha value is -3.60. The van der Waals surface area contributed by atoms with Crippen LogP contribution in [0.3, 0.4) is 0 Å². The maximum atomic E-state index is 16.6. The first-order valence-electron chi connectivity index (χ1n) is 11.9. The number of carbonyl (C=O) groups excluding carboxylic acids is 2. The minimum absolute atomic E-state index is 0.318. The molecule has 0 bridgehead atoms. The second-order valence-corrected chi connectivity index (χ2v) is 9.54. The molecule has 0 spiro atoms. The quantitative estimate of drug-likeness (QED) is 0.489. The number of nitrogens with one attached hydrogen (secondary N) is 1. The van der Waals surface area contributed by atoms with E-state index in [-0.39, 0.29) is 6.61 Å². The average Bonchev–Trinajstić information content (AvgIpc) is 3.32. The standard InChI is InChI=1S/C25H28FN5O5/c1-15(32)36-25(3)18(12-34-22(33)16-8-5-4-6-9-16)35-23(24(25,2)26)31-14-29-19-20(27-13-28-21(19)31)30-17-10-7-11-17/h4-6,8-9,13-14,17-18,23H,7,10-12H2,1-3H3,(H,27,28,30)/t18-,23+,24+,25-/m1/s1. The van der Waals surface area contributed by atoms with Crippen molar-refractivity contribution in [3.63, 3.8) is 0 Å². The summed E-state index contributed by atoms with van der Waals surface area (Å²) in [6.07, 6.45) is 3.70. The van der Waals surface area contributed by atoms with Crippen LogP contribution in [-0.2, 0) is 19.0 Å². The third-order valence-electron chi connectivity index (χ3n) is 7.13. The molecular weight excluding hydrogens is 469 g/mol. The van der Waals surface area contributed by atoms with Gasteiger partial charge in [-0.25, -0.2) is 24.1 Å². The zero-order valence-electron chi connectivity index (χ0n) is 20.3. The van der Waals surface area contributed by atoms with Crippen molar-refractivity contribution in [1.82, 2.24) is 19.5 Å². The molecule has 190 valence electrons. The number of fused-ring (bicyclic) bond motifs is 1. The molecule has 5 rings (SSSR count). The molecular formula is C25H28FN5O5. The smallest absolute Gasteiger partial charge is 0.338 e. The molecule has 2 aliphatic rings. The molecule has 1 saturated carbocycles. The van der Waals surface area contributed by atoms with E-state index in [9.17, 15) is 9.59 Å². The lowest BCUT2D eigenvalue weighted by Gasteiger charge is -2.36. The number of hydrogen-bond acceptors (Lipinski definition) is 9. The van der Waals surface area contributed by atoms with Gasteiger partial charge in [-0.05, 0) is 45.2 Å². The molecule has 10 nitrogen and oxygen atoms in total. The molecule has 0 unspecified atom stereocenters. The van der Waals surface area contributed by atoms with Crippen LogP contribution in [0.5, 0.6) is 0 Å². The molecule has 1 N–H and O–H groups in total. The fourth-order valence-electron chi connectivity index (χ4n) is 4.65. The maximum absolute atomic E-state index is 16.6. The van der Waals surface area contributed by atoms with E-state index in [1.807, 2.05) is 0 Å². The molecule has 1 aliphatic carbocycles. The van der Waals surface area contributed by atoms with Crippen molar-refractivity contribution in [1.29, 1.82) is 0 Å². The van der Waals surface area contributed by atoms with Crippen molar-refractivity contribution in [3.8, 4) is 0 Å². The van der Waals surface area contributed by atoms with E-state index in [1.54, 1.807) is 30.3 Å². The fraction of sp³-hybridized carbons (Fsp3) is 0.480. The van der Waals surface area contributed by atoms with Crippen LogP contribution in [0, 0.1) is 0 Å². The highest BCUT2D eigenvalue weighted by Crippen LogP contribution is 2.51. The summed E-state index contributed by atoms with van der Waals surface area (Å²) in [5, 5.41) is 3.36. The Morgan fingerprint density at radius 1 is 1.19 bits per heavy atom. The highest BCUT2D eigenvalue weighted by atomic mass is 19.1. The summed E-state index contributed by atoms with van der Waals surface area (Å²) in [4.78, 5) is 37.6. The summed E-state index contributed by atoms with van der Waals surface area (Å²) >= 11 is 0. The van der Waals surface area contributed by atoms with Gasteiger partial charge in [0.15, 0.2) is 34.5 Å². The van der Waals surface area contributed by atoms with Gasteiger partial charge in [-0.2, -0.15) is 0 Å². The summed E-state index contributed by atoms with van der Waals surface area (Å²) in [7, 11) is 0. The van der Waals surface area contributed by atoms with Crippen LogP contribution < -0.4 is 5.32 Å². The highest BCUT2D eigenvalue weighted by Gasteiger charge is 2.66. The van der Waals surface area contributed by atoms with Crippen molar-refractivity contribution in [2.24, 2.45) is 0 Å². The molecule has 4 atom stereocenters. The Bertz CT molecular complexity index is 1280. The van der Waals surface area contributed by atoms with Crippen LogP contribution >= 0.6 is 0 Å². The zero-order valence-corrected chi connectivity index (χ0v) is 20.3. The van der Waals surface area contributed by atoms with Crippen molar-refractivity contribution < 1.29 is 28.2 Å². The third-order valence-corrected chi connectivity index (χ3v) is 7.13. The molecule has 2 fully saturated rings. The number of esters is 2. The molecule has 1 aliphatic heterocycles. The SMILES string of the molecule is CC(=O)O[C@]1(C)[C@@H](COC(=O)c2ccccc2)O[C@H](n2cnc3c(NC4CCC4)ncnc32)[C@]1(C)F. The van der Waals surface area contributed by atoms with Gasteiger partial charge in [0.25, 0.3) is 0 Å². The van der Waals surface area contributed by atoms with Crippen molar-refractivity contribution in [3.05, 3.63) is 48.5 Å². The second-order valence-electron chi connectivity index (χ2n) is 9.54. The van der Waals surface area contributed by atoms with Crippen LogP contribution in [0.4, 0.5) is 10.2 Å². The molecule has 1 aromatic carbocycles. The number of aromatic nitrogens is 4. The fourth-order valence-corrected chi connectivity index (χ4v) is 4.65. The summed E-state index contributed by atoms with van der Waals surface area (Å²) in [6.45, 7) is 3.59. The molecule has 0 radical (unpaired) electrons. The predicted octanol–water partition coefficient (Wildman–Crippen LogP) is 3.60. The third kappa shape index (κ3) is 4.06. The number of nitrogens with zero attached hydrogens (tertiary/aromatic N) is 4. The van der Waals surface area contributed by atoms with Crippen molar-refractivity contribution in [2.45, 2.75) is 69.7 Å². The van der Waals surface area contributed by atoms with Crippen molar-refractivity contribution >= 4 is 28.9 Å². The number of hydrogen-bond donors (Lipinski definition) is 1. The Morgan fingerprint density at radius 2 is 1.94 bits per heavy atom. The first-order chi connectivity index (χ1) is 17.2. The number of carbonyl (C=O) groups is 2. The molecule has 11 heteroatoms. The minimum Gasteiger partial charge on any atom is -0.459 e. The van der Waals surface area contributed by atoms with Gasteiger partial charge in [0.2, 0.25) is 0 Å². The van der Waals surface area contributed by atoms with Crippen LogP contribution in [0.1, 0.15) is 56.6 Å². The van der Waals surface area contributed by atoms with Crippen LogP contribution in [0.15, 0.2) is 43.0 Å². The first kappa shape index (κ1) is 24.1. The van der Waals surface area contributed by atoms with Gasteiger partial charge in [-0.3, -0.25) is 9.36 Å². The Morgan fingerprint density at radius 3 is 2.61 bits per heavy atom. The van der Waals surface area contributed by atoms with Gasteiger partial charge < -0.3 is 19.5 Å². The Balaban J connectivity index is 1.45. The number of halogens is 1. The van der Waals surface area contributed by atoms with E-state index in [1.165, 1.54) is 38.0 Å². The van der Waals surface area contributed by atoms with E-state index >= 15 is 4.39 Å². The largest absolute Gasteiger partial charge is 0.459 e. The van der Waals surface area contributed by atoms with Gasteiger partial charge in [-0.1, -0.05) is 18.2 Å². The van der Waals surface area contributed by atoms with E-state index in [2.05, 4.69) is 20.3 Å². The van der Waals surface area contributed by atoms with Gasteiger partial charge in [0.05, 0.1) is 11.9 Å². The monoisotopic (exact) mass is 497 g/mol. The Labute approximate surface area is 207 Å². The normalized spacial score (nSPS) is 28.0. The molecule has 3 aromatic rings. The second kappa shape index (κ2) is 9.12. The summed E-state index contributed by atoms with van der Waals surface area (Å²) in [5.74, 6) is -0.714. The highest BCUT2D eigenvalue weighted by molar-refractivity contribution is 5.89. The lowest BCUT2D eigenvalue weighted by atomic mass is 9.84. The van der Waals surface area contributed by atoms with E-state index in [0.717, 1.165) is 19.3 Å². The Kier molecular flexibility index (Phi) is 6.11. The summed E-state index contributed by atoms with van der Waals surface area (Å²) in [6, 6.07) is 8.73. The van der Waals surface area contributed by atoms with E-state index < -0.39 is 35.5 Å². The molecule has 2 aromatic heterocycles. The summed E-state index contributed by atoms with van der Waals surface area (Å²) < 4.78 is 35.1. The molecule has 1 saturated heterocycles. The lowest BCUT2D eigenvalue weighted by Crippen LogP contribution is -2.55. The summed E-state index contributed by atoms with van der Waals surface area (Å²) in [5.41, 5.74) is -2.81. The van der Waals surface area contributed by atoms with Crippen LogP contribution in [-0.4, -0.2) is 61.5 Å². The van der Waals surface area contributed by atoms with Gasteiger partial charge >= 0.3 is 11.9 Å². The van der Waals surface area contributed by atoms with Gasteiger partial charge in [0, 0.05) is 13.0 Å². The van der Waals surface area contributed by atoms with Crippen molar-refractivity contribution in [2.75, 3.05) is 11.9 Å². The lowest BCUT2D eigenvalue weighted by molar-refractivity contribution is -0.175. The number of imidazole rings is 1.